The van der Waals surface area contributed by atoms with E-state index in [-0.39, 0.29) is 24.0 Å². The number of esters is 2. The van der Waals surface area contributed by atoms with E-state index in [9.17, 15) is 19.2 Å². The molecule has 0 saturated carbocycles. The number of hydrogen-bond donors (Lipinski definition) is 2. The van der Waals surface area contributed by atoms with Crippen molar-refractivity contribution in [2.75, 3.05) is 13.2 Å². The zero-order valence-corrected chi connectivity index (χ0v) is 17.0. The van der Waals surface area contributed by atoms with Gasteiger partial charge < -0.3 is 19.8 Å². The van der Waals surface area contributed by atoms with Crippen molar-refractivity contribution in [3.05, 3.63) is 44.4 Å². The summed E-state index contributed by atoms with van der Waals surface area (Å²) in [5.74, 6) is -1.75. The molecular weight excluding hydrogens is 384 g/mol. The first-order valence-corrected chi connectivity index (χ1v) is 9.46. The zero-order chi connectivity index (χ0) is 20.8. The number of Topliss-reactive ketones (excluding diaryl/α,β-unsaturated/α-hetero) is 1. The van der Waals surface area contributed by atoms with Crippen molar-refractivity contribution in [2.45, 2.75) is 34.2 Å². The number of ketones is 1. The molecule has 2 aromatic heterocycles. The van der Waals surface area contributed by atoms with Gasteiger partial charge in [-0.3, -0.25) is 9.59 Å². The molecule has 8 nitrogen and oxygen atoms in total. The van der Waals surface area contributed by atoms with Crippen molar-refractivity contribution in [3.63, 3.8) is 0 Å². The SMILES string of the molecule is CCOC(=O)c1c(C)[nH]c(C(=O)OCC(=O)c2ccc(CNC(C)=O)s2)c1C. The molecule has 28 heavy (non-hydrogen) atoms. The molecule has 0 aliphatic carbocycles. The molecule has 0 aliphatic rings. The first-order valence-electron chi connectivity index (χ1n) is 8.64. The highest BCUT2D eigenvalue weighted by Crippen LogP contribution is 2.21. The Morgan fingerprint density at radius 2 is 1.82 bits per heavy atom. The molecule has 2 rings (SSSR count). The summed E-state index contributed by atoms with van der Waals surface area (Å²) in [5, 5.41) is 2.65. The number of carbonyl (C=O) groups is 4. The van der Waals surface area contributed by atoms with Gasteiger partial charge in [0.2, 0.25) is 11.7 Å². The fraction of sp³-hybridized carbons (Fsp3) is 0.368. The summed E-state index contributed by atoms with van der Waals surface area (Å²) < 4.78 is 10.1. The maximum atomic E-state index is 12.3. The minimum Gasteiger partial charge on any atom is -0.462 e. The molecule has 150 valence electrons. The quantitative estimate of drug-likeness (QED) is 0.514. The number of aromatic nitrogens is 1. The van der Waals surface area contributed by atoms with Crippen molar-refractivity contribution in [1.82, 2.24) is 10.3 Å². The molecule has 0 fully saturated rings. The number of aryl methyl sites for hydroxylation is 1. The van der Waals surface area contributed by atoms with Crippen LogP contribution >= 0.6 is 11.3 Å². The average Bonchev–Trinajstić information content (AvgIpc) is 3.22. The van der Waals surface area contributed by atoms with Crippen LogP contribution in [-0.2, 0) is 20.8 Å². The number of ether oxygens (including phenoxy) is 2. The Labute approximate surface area is 166 Å². The molecule has 0 atom stereocenters. The van der Waals surface area contributed by atoms with E-state index in [1.807, 2.05) is 0 Å². The van der Waals surface area contributed by atoms with E-state index < -0.39 is 18.5 Å². The topological polar surface area (TPSA) is 115 Å². The molecular formula is C19H22N2O6S. The highest BCUT2D eigenvalue weighted by Gasteiger charge is 2.24. The third kappa shape index (κ3) is 5.07. The number of hydrogen-bond acceptors (Lipinski definition) is 7. The van der Waals surface area contributed by atoms with Gasteiger partial charge in [0.1, 0.15) is 5.69 Å². The fourth-order valence-electron chi connectivity index (χ4n) is 2.57. The van der Waals surface area contributed by atoms with E-state index in [0.29, 0.717) is 28.2 Å². The molecule has 0 bridgehead atoms. The van der Waals surface area contributed by atoms with Gasteiger partial charge >= 0.3 is 11.9 Å². The summed E-state index contributed by atoms with van der Waals surface area (Å²) in [5.41, 5.74) is 1.32. The van der Waals surface area contributed by atoms with Gasteiger partial charge in [-0.15, -0.1) is 11.3 Å². The Morgan fingerprint density at radius 3 is 2.46 bits per heavy atom. The second kappa shape index (κ2) is 9.32. The first-order chi connectivity index (χ1) is 13.2. The van der Waals surface area contributed by atoms with Crippen LogP contribution in [0.15, 0.2) is 12.1 Å². The van der Waals surface area contributed by atoms with Crippen LogP contribution in [-0.4, -0.2) is 41.8 Å². The van der Waals surface area contributed by atoms with Crippen molar-refractivity contribution in [3.8, 4) is 0 Å². The molecule has 2 N–H and O–H groups in total. The van der Waals surface area contributed by atoms with Crippen LogP contribution in [0.4, 0.5) is 0 Å². The van der Waals surface area contributed by atoms with Gasteiger partial charge in [-0.2, -0.15) is 0 Å². The highest BCUT2D eigenvalue weighted by molar-refractivity contribution is 7.14. The maximum Gasteiger partial charge on any atom is 0.355 e. The normalized spacial score (nSPS) is 10.4. The van der Waals surface area contributed by atoms with E-state index >= 15 is 0 Å². The van der Waals surface area contributed by atoms with Gasteiger partial charge in [0.05, 0.1) is 23.6 Å². The number of aromatic amines is 1. The lowest BCUT2D eigenvalue weighted by Crippen LogP contribution is -2.18. The lowest BCUT2D eigenvalue weighted by Gasteiger charge is -2.04. The third-order valence-corrected chi connectivity index (χ3v) is 5.03. The molecule has 2 heterocycles. The lowest BCUT2D eigenvalue weighted by atomic mass is 10.1. The Hall–Kier alpha value is -2.94. The van der Waals surface area contributed by atoms with Crippen LogP contribution in [0.1, 0.15) is 60.5 Å². The molecule has 0 aliphatic heterocycles. The van der Waals surface area contributed by atoms with Gasteiger partial charge in [0, 0.05) is 17.5 Å². The predicted octanol–water partition coefficient (Wildman–Crippen LogP) is 2.55. The van der Waals surface area contributed by atoms with Gasteiger partial charge in [0.25, 0.3) is 0 Å². The van der Waals surface area contributed by atoms with Crippen LogP contribution in [0.5, 0.6) is 0 Å². The number of thiophene rings is 1. The number of amides is 1. The van der Waals surface area contributed by atoms with Crippen LogP contribution in [0.3, 0.4) is 0 Å². The number of H-pyrrole nitrogens is 1. The van der Waals surface area contributed by atoms with Crippen LogP contribution in [0.25, 0.3) is 0 Å². The summed E-state index contributed by atoms with van der Waals surface area (Å²) in [6, 6.07) is 3.36. The van der Waals surface area contributed by atoms with Crippen LogP contribution in [0, 0.1) is 13.8 Å². The summed E-state index contributed by atoms with van der Waals surface area (Å²) in [6.45, 7) is 6.52. The Morgan fingerprint density at radius 1 is 1.11 bits per heavy atom. The Bertz CT molecular complexity index is 912. The van der Waals surface area contributed by atoms with Crippen LogP contribution < -0.4 is 5.32 Å². The van der Waals surface area contributed by atoms with Crippen molar-refractivity contribution in [2.24, 2.45) is 0 Å². The van der Waals surface area contributed by atoms with Crippen molar-refractivity contribution < 1.29 is 28.7 Å². The van der Waals surface area contributed by atoms with Crippen molar-refractivity contribution in [1.29, 1.82) is 0 Å². The van der Waals surface area contributed by atoms with E-state index in [1.54, 1.807) is 32.9 Å². The van der Waals surface area contributed by atoms with Gasteiger partial charge in [-0.25, -0.2) is 9.59 Å². The third-order valence-electron chi connectivity index (χ3n) is 3.90. The van der Waals surface area contributed by atoms with E-state index in [4.69, 9.17) is 9.47 Å². The monoisotopic (exact) mass is 406 g/mol. The van der Waals surface area contributed by atoms with E-state index in [2.05, 4.69) is 10.3 Å². The molecule has 1 amide bonds. The molecule has 0 unspecified atom stereocenters. The number of nitrogens with one attached hydrogen (secondary N) is 2. The molecule has 9 heteroatoms. The average molecular weight is 406 g/mol. The lowest BCUT2D eigenvalue weighted by molar-refractivity contribution is -0.119. The second-order valence-electron chi connectivity index (χ2n) is 6.02. The first kappa shape index (κ1) is 21.4. The van der Waals surface area contributed by atoms with Gasteiger partial charge in [0.15, 0.2) is 6.61 Å². The summed E-state index contributed by atoms with van der Waals surface area (Å²) >= 11 is 1.22. The smallest absolute Gasteiger partial charge is 0.355 e. The largest absolute Gasteiger partial charge is 0.462 e. The summed E-state index contributed by atoms with van der Waals surface area (Å²) in [4.78, 5) is 51.6. The second-order valence-corrected chi connectivity index (χ2v) is 7.19. The molecule has 2 aromatic rings. The van der Waals surface area contributed by atoms with Gasteiger partial charge in [-0.05, 0) is 38.5 Å². The Kier molecular flexibility index (Phi) is 7.11. The summed E-state index contributed by atoms with van der Waals surface area (Å²) in [7, 11) is 0. The predicted molar refractivity (Wildman–Crippen MR) is 103 cm³/mol. The minimum atomic E-state index is -0.723. The minimum absolute atomic E-state index is 0.117. The standard InChI is InChI=1S/C19H22N2O6S/c1-5-26-18(24)16-10(2)17(21-11(16)3)19(25)27-9-14(23)15-7-6-13(28-15)8-20-12(4)22/h6-7,21H,5,8-9H2,1-4H3,(H,20,22). The maximum absolute atomic E-state index is 12.3. The molecule has 0 aromatic carbocycles. The number of carbonyl (C=O) groups excluding carboxylic acids is 4. The van der Waals surface area contributed by atoms with E-state index in [1.165, 1.54) is 18.3 Å². The van der Waals surface area contributed by atoms with Crippen molar-refractivity contribution >= 4 is 35.0 Å². The number of rotatable bonds is 8. The molecule has 0 radical (unpaired) electrons. The zero-order valence-electron chi connectivity index (χ0n) is 16.1. The van der Waals surface area contributed by atoms with Gasteiger partial charge in [-0.1, -0.05) is 0 Å². The Balaban J connectivity index is 2.00. The highest BCUT2D eigenvalue weighted by atomic mass is 32.1. The summed E-state index contributed by atoms with van der Waals surface area (Å²) in [6.07, 6.45) is 0. The molecule has 0 saturated heterocycles. The van der Waals surface area contributed by atoms with E-state index in [0.717, 1.165) is 4.88 Å². The fourth-order valence-corrected chi connectivity index (χ4v) is 3.44. The molecule has 0 spiro atoms. The van der Waals surface area contributed by atoms with Crippen LogP contribution in [0.2, 0.25) is 0 Å².